The molecule has 2 aromatic rings. The minimum absolute atomic E-state index is 0.500. The molecule has 0 saturated heterocycles. The Bertz CT molecular complexity index is 651. The lowest BCUT2D eigenvalue weighted by atomic mass is 10.0. The van der Waals surface area contributed by atoms with Gasteiger partial charge in [0.2, 0.25) is 0 Å². The van der Waals surface area contributed by atoms with E-state index in [4.69, 9.17) is 0 Å². The summed E-state index contributed by atoms with van der Waals surface area (Å²) in [7, 11) is 0. The maximum absolute atomic E-state index is 9.26. The van der Waals surface area contributed by atoms with Gasteiger partial charge in [-0.3, -0.25) is 0 Å². The average Bonchev–Trinajstić information content (AvgIpc) is 2.44. The normalized spacial score (nSPS) is 10.4. The molecule has 4 nitrogen and oxygen atoms in total. The maximum Gasteiger partial charge on any atom is 0.171 e. The van der Waals surface area contributed by atoms with Gasteiger partial charge in [-0.25, -0.2) is 0 Å². The Morgan fingerprint density at radius 2 is 1.75 bits per heavy atom. The summed E-state index contributed by atoms with van der Waals surface area (Å²) in [4.78, 5) is 0. The molecule has 0 unspecified atom stereocenters. The summed E-state index contributed by atoms with van der Waals surface area (Å²) in [6.07, 6.45) is 0. The van der Waals surface area contributed by atoms with Crippen LogP contribution in [0.3, 0.4) is 0 Å². The van der Waals surface area contributed by atoms with E-state index in [-0.39, 0.29) is 0 Å². The number of nitrogens with one attached hydrogen (secondary N) is 1. The Morgan fingerprint density at radius 3 is 2.30 bits per heavy atom. The van der Waals surface area contributed by atoms with Crippen molar-refractivity contribution in [1.29, 1.82) is 5.26 Å². The van der Waals surface area contributed by atoms with Crippen LogP contribution in [-0.4, -0.2) is 10.2 Å². The Hall–Kier alpha value is -2.41. The van der Waals surface area contributed by atoms with Crippen molar-refractivity contribution in [3.05, 3.63) is 46.6 Å². The Balaban J connectivity index is 2.31. The smallest absolute Gasteiger partial charge is 0.171 e. The van der Waals surface area contributed by atoms with Crippen molar-refractivity contribution in [3.8, 4) is 6.07 Å². The highest BCUT2D eigenvalue weighted by atomic mass is 15.2. The summed E-state index contributed by atoms with van der Waals surface area (Å²) in [6, 6.07) is 10.3. The van der Waals surface area contributed by atoms with Crippen molar-refractivity contribution in [2.24, 2.45) is 0 Å². The van der Waals surface area contributed by atoms with Gasteiger partial charge in [-0.2, -0.15) is 10.4 Å². The van der Waals surface area contributed by atoms with Crippen LogP contribution >= 0.6 is 0 Å². The van der Waals surface area contributed by atoms with E-state index in [1.165, 1.54) is 5.56 Å². The molecule has 1 aromatic carbocycles. The van der Waals surface area contributed by atoms with Gasteiger partial charge in [0.05, 0.1) is 5.69 Å². The van der Waals surface area contributed by atoms with E-state index < -0.39 is 0 Å². The van der Waals surface area contributed by atoms with Gasteiger partial charge in [0.15, 0.2) is 5.82 Å². The molecule has 1 heterocycles. The molecule has 4 heteroatoms. The third-order valence-corrected chi connectivity index (χ3v) is 3.41. The molecule has 0 aliphatic carbocycles. The van der Waals surface area contributed by atoms with Crippen LogP contribution in [0.2, 0.25) is 0 Å². The largest absolute Gasteiger partial charge is 0.338 e. The van der Waals surface area contributed by atoms with E-state index in [9.17, 15) is 5.26 Å². The standard InChI is InChI=1S/C16H18N4/c1-10(2)13-5-7-14(8-6-13)18-16-15(9-17)11(3)12(4)19-20-16/h5-8,10H,1-4H3,(H,18,20). The first kappa shape index (κ1) is 14.0. The van der Waals surface area contributed by atoms with Gasteiger partial charge in [0.25, 0.3) is 0 Å². The first-order valence-electron chi connectivity index (χ1n) is 6.64. The van der Waals surface area contributed by atoms with Gasteiger partial charge in [-0.1, -0.05) is 26.0 Å². The van der Waals surface area contributed by atoms with E-state index in [0.29, 0.717) is 17.3 Å². The highest BCUT2D eigenvalue weighted by Crippen LogP contribution is 2.23. The number of anilines is 2. The molecule has 2 rings (SSSR count). The van der Waals surface area contributed by atoms with Crippen molar-refractivity contribution in [1.82, 2.24) is 10.2 Å². The van der Waals surface area contributed by atoms with Crippen LogP contribution in [0.25, 0.3) is 0 Å². The van der Waals surface area contributed by atoms with Gasteiger partial charge in [-0.15, -0.1) is 5.10 Å². The van der Waals surface area contributed by atoms with Crippen molar-refractivity contribution in [2.45, 2.75) is 33.6 Å². The zero-order valence-electron chi connectivity index (χ0n) is 12.2. The molecule has 0 aliphatic heterocycles. The number of aromatic nitrogens is 2. The summed E-state index contributed by atoms with van der Waals surface area (Å²) < 4.78 is 0. The van der Waals surface area contributed by atoms with Crippen molar-refractivity contribution in [2.75, 3.05) is 5.32 Å². The van der Waals surface area contributed by atoms with Crippen LogP contribution in [0.5, 0.6) is 0 Å². The van der Waals surface area contributed by atoms with E-state index in [0.717, 1.165) is 16.9 Å². The SMILES string of the molecule is Cc1nnc(Nc2ccc(C(C)C)cc2)c(C#N)c1C. The molecule has 0 amide bonds. The average molecular weight is 266 g/mol. The van der Waals surface area contributed by atoms with Gasteiger partial charge in [-0.05, 0) is 43.0 Å². The number of nitrogens with zero attached hydrogens (tertiary/aromatic N) is 3. The molecule has 0 spiro atoms. The third kappa shape index (κ3) is 2.77. The molecule has 0 bridgehead atoms. The monoisotopic (exact) mass is 266 g/mol. The van der Waals surface area contributed by atoms with Crippen molar-refractivity contribution >= 4 is 11.5 Å². The Kier molecular flexibility index (Phi) is 3.99. The molecular weight excluding hydrogens is 248 g/mol. The first-order chi connectivity index (χ1) is 9.52. The molecule has 1 aromatic heterocycles. The maximum atomic E-state index is 9.26. The molecule has 0 aliphatic rings. The van der Waals surface area contributed by atoms with Crippen molar-refractivity contribution in [3.63, 3.8) is 0 Å². The number of rotatable bonds is 3. The number of aryl methyl sites for hydroxylation is 1. The summed E-state index contributed by atoms with van der Waals surface area (Å²) >= 11 is 0. The van der Waals surface area contributed by atoms with Gasteiger partial charge < -0.3 is 5.32 Å². The molecule has 0 saturated carbocycles. The molecule has 1 N–H and O–H groups in total. The van der Waals surface area contributed by atoms with E-state index in [2.05, 4.69) is 47.6 Å². The fourth-order valence-electron chi connectivity index (χ4n) is 1.92. The highest BCUT2D eigenvalue weighted by Gasteiger charge is 2.11. The second-order valence-corrected chi connectivity index (χ2v) is 5.15. The summed E-state index contributed by atoms with van der Waals surface area (Å²) in [5.74, 6) is 1.01. The predicted molar refractivity (Wildman–Crippen MR) is 80.0 cm³/mol. The van der Waals surface area contributed by atoms with Gasteiger partial charge in [0, 0.05) is 5.69 Å². The van der Waals surface area contributed by atoms with Crippen LogP contribution in [0.15, 0.2) is 24.3 Å². The van der Waals surface area contributed by atoms with Gasteiger partial charge >= 0.3 is 0 Å². The Labute approximate surface area is 119 Å². The number of benzene rings is 1. The molecular formula is C16H18N4. The van der Waals surface area contributed by atoms with Crippen LogP contribution in [0.1, 0.15) is 42.1 Å². The van der Waals surface area contributed by atoms with E-state index in [1.54, 1.807) is 0 Å². The number of hydrogen-bond donors (Lipinski definition) is 1. The van der Waals surface area contributed by atoms with E-state index >= 15 is 0 Å². The lowest BCUT2D eigenvalue weighted by Crippen LogP contribution is -2.03. The summed E-state index contributed by atoms with van der Waals surface area (Å²) in [5.41, 5.74) is 4.38. The second-order valence-electron chi connectivity index (χ2n) is 5.15. The third-order valence-electron chi connectivity index (χ3n) is 3.41. The van der Waals surface area contributed by atoms with Crippen LogP contribution in [0, 0.1) is 25.2 Å². The summed E-state index contributed by atoms with van der Waals surface area (Å²) in [6.45, 7) is 8.05. The van der Waals surface area contributed by atoms with Crippen LogP contribution in [-0.2, 0) is 0 Å². The molecule has 20 heavy (non-hydrogen) atoms. The molecule has 0 radical (unpaired) electrons. The molecule has 0 fully saturated rings. The lowest BCUT2D eigenvalue weighted by molar-refractivity contribution is 0.867. The topological polar surface area (TPSA) is 61.6 Å². The van der Waals surface area contributed by atoms with E-state index in [1.807, 2.05) is 26.0 Å². The highest BCUT2D eigenvalue weighted by molar-refractivity contribution is 5.64. The van der Waals surface area contributed by atoms with Crippen LogP contribution < -0.4 is 5.32 Å². The minimum Gasteiger partial charge on any atom is -0.338 e. The zero-order chi connectivity index (χ0) is 14.7. The van der Waals surface area contributed by atoms with Gasteiger partial charge in [0.1, 0.15) is 11.6 Å². The predicted octanol–water partition coefficient (Wildman–Crippen LogP) is 3.83. The molecule has 0 atom stereocenters. The minimum atomic E-state index is 0.500. The fraction of sp³-hybridized carbons (Fsp3) is 0.312. The first-order valence-corrected chi connectivity index (χ1v) is 6.64. The molecule has 102 valence electrons. The number of nitriles is 1. The van der Waals surface area contributed by atoms with Crippen LogP contribution in [0.4, 0.5) is 11.5 Å². The number of hydrogen-bond acceptors (Lipinski definition) is 4. The zero-order valence-corrected chi connectivity index (χ0v) is 12.2. The quantitative estimate of drug-likeness (QED) is 0.917. The van der Waals surface area contributed by atoms with Crippen molar-refractivity contribution < 1.29 is 0 Å². The lowest BCUT2D eigenvalue weighted by Gasteiger charge is -2.11. The summed E-state index contributed by atoms with van der Waals surface area (Å²) in [5, 5.41) is 20.6. The Morgan fingerprint density at radius 1 is 1.10 bits per heavy atom. The second kappa shape index (κ2) is 5.70. The fourth-order valence-corrected chi connectivity index (χ4v) is 1.92.